The van der Waals surface area contributed by atoms with Crippen molar-refractivity contribution in [2.24, 2.45) is 0 Å². The number of nitrogens with one attached hydrogen (secondary N) is 1. The maximum absolute atomic E-state index is 14.9. The number of anilines is 2. The minimum atomic E-state index is -1.38. The molecule has 5 aromatic rings. The molecular formula is C35H34F2N4O7. The van der Waals surface area contributed by atoms with Crippen LogP contribution in [-0.4, -0.2) is 58.5 Å². The molecule has 5 rings (SSSR count). The SMILES string of the molecule is COC(=O)C(C(=O)OC(C)(C)C)c1ccc(Nc2cc(-c3c(F)cccc3F)nc3cn(Cc4ccc(OC)cc4OC)c(O)c23)nc1. The van der Waals surface area contributed by atoms with Gasteiger partial charge in [-0.1, -0.05) is 12.1 Å². The summed E-state index contributed by atoms with van der Waals surface area (Å²) in [6.07, 6.45) is 2.87. The number of aromatic nitrogens is 3. The number of fused-ring (bicyclic) bond motifs is 1. The predicted octanol–water partition coefficient (Wildman–Crippen LogP) is 6.49. The highest BCUT2D eigenvalue weighted by molar-refractivity contribution is 6.01. The number of carbonyl (C=O) groups is 2. The van der Waals surface area contributed by atoms with E-state index >= 15 is 0 Å². The number of esters is 2. The number of halogens is 2. The van der Waals surface area contributed by atoms with E-state index in [1.165, 1.54) is 49.2 Å². The molecule has 250 valence electrons. The normalized spacial score (nSPS) is 12.0. The summed E-state index contributed by atoms with van der Waals surface area (Å²) in [6.45, 7) is 5.19. The summed E-state index contributed by atoms with van der Waals surface area (Å²) in [5.74, 6) is -3.50. The first-order chi connectivity index (χ1) is 22.8. The Morgan fingerprint density at radius 1 is 0.979 bits per heavy atom. The van der Waals surface area contributed by atoms with Crippen LogP contribution in [0.1, 0.15) is 37.8 Å². The topological polar surface area (TPSA) is 134 Å². The molecule has 0 radical (unpaired) electrons. The number of nitrogens with zero attached hydrogens (tertiary/aromatic N) is 3. The zero-order valence-corrected chi connectivity index (χ0v) is 27.1. The van der Waals surface area contributed by atoms with Gasteiger partial charge in [0.15, 0.2) is 5.92 Å². The number of aromatic hydroxyl groups is 1. The molecule has 0 aliphatic heterocycles. The summed E-state index contributed by atoms with van der Waals surface area (Å²) in [5.41, 5.74) is 0.157. The molecule has 2 N–H and O–H groups in total. The summed E-state index contributed by atoms with van der Waals surface area (Å²) in [7, 11) is 4.22. The standard InChI is InChI=1S/C35H34F2N4O7/c1-35(2,3)48-34(44)29(33(43)47-6)19-11-13-28(38-16-19)40-25-15-24(30-22(36)8-7-9-23(30)37)39-26-18-41(32(42)31(25)26)17-20-10-12-21(45-4)14-27(20)46-5/h7-16,18,29,42H,17H2,1-6H3,(H,38,40). The third-order valence-corrected chi connectivity index (χ3v) is 7.34. The van der Waals surface area contributed by atoms with E-state index in [1.807, 2.05) is 0 Å². The summed E-state index contributed by atoms with van der Waals surface area (Å²) >= 11 is 0. The zero-order chi connectivity index (χ0) is 34.7. The Morgan fingerprint density at radius 2 is 1.71 bits per heavy atom. The Kier molecular flexibility index (Phi) is 9.50. The second-order valence-electron chi connectivity index (χ2n) is 11.8. The van der Waals surface area contributed by atoms with Crippen molar-refractivity contribution >= 4 is 34.3 Å². The van der Waals surface area contributed by atoms with E-state index in [4.69, 9.17) is 18.9 Å². The first-order valence-corrected chi connectivity index (χ1v) is 14.7. The van der Waals surface area contributed by atoms with E-state index in [1.54, 1.807) is 45.2 Å². The summed E-state index contributed by atoms with van der Waals surface area (Å²) in [6, 6.07) is 13.2. The van der Waals surface area contributed by atoms with Gasteiger partial charge in [0.1, 0.15) is 34.6 Å². The van der Waals surface area contributed by atoms with Crippen LogP contribution in [0.2, 0.25) is 0 Å². The van der Waals surface area contributed by atoms with Crippen molar-refractivity contribution in [1.82, 2.24) is 14.5 Å². The third kappa shape index (κ3) is 6.99. The van der Waals surface area contributed by atoms with E-state index in [0.717, 1.165) is 19.2 Å². The second kappa shape index (κ2) is 13.6. The molecule has 1 atom stereocenters. The van der Waals surface area contributed by atoms with Crippen molar-refractivity contribution < 1.29 is 42.4 Å². The van der Waals surface area contributed by atoms with Gasteiger partial charge in [-0.25, -0.2) is 18.7 Å². The Balaban J connectivity index is 1.58. The molecule has 2 aromatic carbocycles. The lowest BCUT2D eigenvalue weighted by Crippen LogP contribution is -2.32. The lowest BCUT2D eigenvalue weighted by Gasteiger charge is -2.23. The Hall–Kier alpha value is -5.72. The molecule has 3 heterocycles. The van der Waals surface area contributed by atoms with Crippen LogP contribution in [-0.2, 0) is 25.6 Å². The molecule has 0 fully saturated rings. The van der Waals surface area contributed by atoms with Crippen LogP contribution < -0.4 is 14.8 Å². The first-order valence-electron chi connectivity index (χ1n) is 14.7. The smallest absolute Gasteiger partial charge is 0.325 e. The number of methoxy groups -OCH3 is 3. The van der Waals surface area contributed by atoms with Crippen LogP contribution in [0, 0.1) is 11.6 Å². The van der Waals surface area contributed by atoms with E-state index in [-0.39, 0.29) is 51.7 Å². The molecule has 0 amide bonds. The molecule has 48 heavy (non-hydrogen) atoms. The third-order valence-electron chi connectivity index (χ3n) is 7.34. The van der Waals surface area contributed by atoms with Crippen LogP contribution in [0.15, 0.2) is 67.0 Å². The Morgan fingerprint density at radius 3 is 2.31 bits per heavy atom. The maximum Gasteiger partial charge on any atom is 0.325 e. The van der Waals surface area contributed by atoms with Crippen LogP contribution in [0.4, 0.5) is 20.3 Å². The number of hydrogen-bond donors (Lipinski definition) is 2. The first kappa shape index (κ1) is 33.6. The minimum absolute atomic E-state index is 0.0351. The molecule has 0 bridgehead atoms. The largest absolute Gasteiger partial charge is 0.497 e. The number of rotatable bonds is 10. The second-order valence-corrected chi connectivity index (χ2v) is 11.8. The highest BCUT2D eigenvalue weighted by Gasteiger charge is 2.34. The van der Waals surface area contributed by atoms with Gasteiger partial charge in [0.25, 0.3) is 0 Å². The number of ether oxygens (including phenoxy) is 4. The molecule has 3 aromatic heterocycles. The number of hydrogen-bond acceptors (Lipinski definition) is 10. The molecule has 1 unspecified atom stereocenters. The quantitative estimate of drug-likeness (QED) is 0.126. The maximum atomic E-state index is 14.9. The van der Waals surface area contributed by atoms with Gasteiger partial charge in [0.05, 0.1) is 55.7 Å². The highest BCUT2D eigenvalue weighted by Crippen LogP contribution is 2.39. The van der Waals surface area contributed by atoms with Crippen molar-refractivity contribution in [2.45, 2.75) is 38.8 Å². The predicted molar refractivity (Wildman–Crippen MR) is 174 cm³/mol. The van der Waals surface area contributed by atoms with Gasteiger partial charge >= 0.3 is 11.9 Å². The van der Waals surface area contributed by atoms with Crippen LogP contribution >= 0.6 is 0 Å². The van der Waals surface area contributed by atoms with E-state index in [2.05, 4.69) is 15.3 Å². The number of pyridine rings is 2. The summed E-state index contributed by atoms with van der Waals surface area (Å²) in [5, 5.41) is 14.8. The van der Waals surface area contributed by atoms with Crippen LogP contribution in [0.25, 0.3) is 22.2 Å². The average Bonchev–Trinajstić information content (AvgIpc) is 3.35. The van der Waals surface area contributed by atoms with Crippen molar-refractivity contribution in [2.75, 3.05) is 26.6 Å². The molecule has 11 nitrogen and oxygen atoms in total. The monoisotopic (exact) mass is 660 g/mol. The Labute approximate surface area is 275 Å². The minimum Gasteiger partial charge on any atom is -0.497 e. The zero-order valence-electron chi connectivity index (χ0n) is 27.1. The van der Waals surface area contributed by atoms with Gasteiger partial charge in [-0.15, -0.1) is 0 Å². The molecule has 0 spiro atoms. The average molecular weight is 661 g/mol. The van der Waals surface area contributed by atoms with Crippen molar-refractivity contribution in [1.29, 1.82) is 0 Å². The van der Waals surface area contributed by atoms with E-state index in [0.29, 0.717) is 17.1 Å². The van der Waals surface area contributed by atoms with Crippen LogP contribution in [0.5, 0.6) is 17.4 Å². The van der Waals surface area contributed by atoms with Gasteiger partial charge < -0.3 is 33.9 Å². The van der Waals surface area contributed by atoms with Gasteiger partial charge in [0, 0.05) is 24.0 Å². The lowest BCUT2D eigenvalue weighted by atomic mass is 10.0. The van der Waals surface area contributed by atoms with Gasteiger partial charge in [-0.3, -0.25) is 9.59 Å². The van der Waals surface area contributed by atoms with Crippen molar-refractivity contribution in [3.8, 4) is 28.6 Å². The highest BCUT2D eigenvalue weighted by atomic mass is 19.1. The molecule has 0 aliphatic carbocycles. The number of carbonyl (C=O) groups excluding carboxylic acids is 2. The van der Waals surface area contributed by atoms with Gasteiger partial charge in [-0.2, -0.15) is 0 Å². The summed E-state index contributed by atoms with van der Waals surface area (Å²) in [4.78, 5) is 34.3. The molecule has 13 heteroatoms. The molecule has 0 saturated carbocycles. The van der Waals surface area contributed by atoms with Gasteiger partial charge in [0.2, 0.25) is 5.88 Å². The summed E-state index contributed by atoms with van der Waals surface area (Å²) < 4.78 is 52.4. The lowest BCUT2D eigenvalue weighted by molar-refractivity contribution is -0.163. The fourth-order valence-corrected chi connectivity index (χ4v) is 5.14. The van der Waals surface area contributed by atoms with Gasteiger partial charge in [-0.05, 0) is 62.7 Å². The molecule has 0 saturated heterocycles. The van der Waals surface area contributed by atoms with E-state index in [9.17, 15) is 23.5 Å². The van der Waals surface area contributed by atoms with Crippen molar-refractivity contribution in [3.63, 3.8) is 0 Å². The fraction of sp³-hybridized carbons (Fsp3) is 0.257. The van der Waals surface area contributed by atoms with E-state index < -0.39 is 35.1 Å². The Bertz CT molecular complexity index is 1970. The fourth-order valence-electron chi connectivity index (χ4n) is 5.14. The molecule has 0 aliphatic rings. The van der Waals surface area contributed by atoms with Crippen molar-refractivity contribution in [3.05, 3.63) is 89.8 Å². The number of benzene rings is 2. The van der Waals surface area contributed by atoms with Crippen LogP contribution in [0.3, 0.4) is 0 Å². The molecular weight excluding hydrogens is 626 g/mol.